The summed E-state index contributed by atoms with van der Waals surface area (Å²) in [5.41, 5.74) is 0.949. The first-order chi connectivity index (χ1) is 20.4. The second-order valence-electron chi connectivity index (χ2n) is 11.9. The third kappa shape index (κ3) is 5.86. The fourth-order valence-corrected chi connectivity index (χ4v) is 6.52. The quantitative estimate of drug-likeness (QED) is 0.296. The van der Waals surface area contributed by atoms with E-state index in [9.17, 15) is 13.6 Å². The van der Waals surface area contributed by atoms with E-state index in [0.717, 1.165) is 51.4 Å². The van der Waals surface area contributed by atoms with Gasteiger partial charge in [0.05, 0.1) is 30.9 Å². The number of hydrogen-bond donors (Lipinski definition) is 2. The molecule has 0 spiro atoms. The molecule has 4 fully saturated rings. The summed E-state index contributed by atoms with van der Waals surface area (Å²) < 4.78 is 40.7. The zero-order valence-electron chi connectivity index (χ0n) is 24.1. The number of ether oxygens (including phenoxy) is 2. The van der Waals surface area contributed by atoms with Gasteiger partial charge in [-0.05, 0) is 62.5 Å². The van der Waals surface area contributed by atoms with E-state index in [-0.39, 0.29) is 22.9 Å². The number of imidazole rings is 1. The largest absolute Gasteiger partial charge is 0.450 e. The number of unbranched alkanes of at least 4 members (excludes halogenated alkanes) is 1. The molecule has 3 aromatic rings. The van der Waals surface area contributed by atoms with Crippen molar-refractivity contribution in [1.29, 1.82) is 0 Å². The molecule has 12 heteroatoms. The molecule has 0 radical (unpaired) electrons. The maximum absolute atomic E-state index is 14.2. The third-order valence-electron chi connectivity index (χ3n) is 9.15. The lowest BCUT2D eigenvalue weighted by atomic mass is 9.57. The number of nitrogens with zero attached hydrogens (tertiary/aromatic N) is 5. The number of carbonyl (C=O) groups excluding carboxylic acids is 1. The van der Waals surface area contributed by atoms with E-state index in [1.165, 1.54) is 4.57 Å². The van der Waals surface area contributed by atoms with Crippen molar-refractivity contribution in [2.45, 2.75) is 70.3 Å². The van der Waals surface area contributed by atoms with E-state index in [4.69, 9.17) is 19.4 Å². The molecular formula is C30H39F2N7O3. The molecule has 2 bridgehead atoms. The Balaban J connectivity index is 1.22. The molecule has 1 aliphatic heterocycles. The van der Waals surface area contributed by atoms with Crippen LogP contribution in [0.5, 0.6) is 0 Å². The van der Waals surface area contributed by atoms with E-state index in [1.807, 2.05) is 11.0 Å². The molecule has 3 heterocycles. The summed E-state index contributed by atoms with van der Waals surface area (Å²) in [6.07, 6.45) is 4.43. The lowest BCUT2D eigenvalue weighted by molar-refractivity contribution is 0.0290. The molecule has 3 saturated carbocycles. The van der Waals surface area contributed by atoms with Crippen LogP contribution >= 0.6 is 0 Å². The van der Waals surface area contributed by atoms with Gasteiger partial charge in [0.1, 0.15) is 11.6 Å². The van der Waals surface area contributed by atoms with Gasteiger partial charge in [-0.1, -0.05) is 25.5 Å². The van der Waals surface area contributed by atoms with Gasteiger partial charge in [-0.25, -0.2) is 18.6 Å². The Morgan fingerprint density at radius 2 is 1.81 bits per heavy atom. The molecule has 2 aromatic heterocycles. The molecule has 1 saturated heterocycles. The van der Waals surface area contributed by atoms with Crippen molar-refractivity contribution in [2.24, 2.45) is 5.41 Å². The molecule has 42 heavy (non-hydrogen) atoms. The molecule has 7 rings (SSSR count). The lowest BCUT2D eigenvalue weighted by Gasteiger charge is -2.53. The number of carbonyl (C=O) groups is 1. The SMILES string of the molecule is CCCCOC(=O)NC12CCC(CNc3cc(-n4c(C(F)F)nc5ccccc54)nc(N4CCOCC4)n3)(CC1)CC2. The molecule has 2 N–H and O–H groups in total. The van der Waals surface area contributed by atoms with Gasteiger partial charge in [0.25, 0.3) is 6.43 Å². The van der Waals surface area contributed by atoms with Crippen LogP contribution in [0.25, 0.3) is 16.9 Å². The lowest BCUT2D eigenvalue weighted by Crippen LogP contribution is -2.57. The number of para-hydroxylation sites is 2. The molecule has 4 aliphatic rings. The second-order valence-corrected chi connectivity index (χ2v) is 11.9. The number of amides is 1. The first-order valence-corrected chi connectivity index (χ1v) is 15.1. The van der Waals surface area contributed by atoms with E-state index < -0.39 is 6.43 Å². The minimum atomic E-state index is -2.77. The van der Waals surface area contributed by atoms with Crippen LogP contribution in [0.1, 0.15) is 70.5 Å². The Hall–Kier alpha value is -3.54. The zero-order valence-corrected chi connectivity index (χ0v) is 24.1. The van der Waals surface area contributed by atoms with Crippen LogP contribution < -0.4 is 15.5 Å². The van der Waals surface area contributed by atoms with Crippen LogP contribution in [0.3, 0.4) is 0 Å². The van der Waals surface area contributed by atoms with Crippen molar-refractivity contribution in [3.05, 3.63) is 36.2 Å². The number of hydrogen-bond acceptors (Lipinski definition) is 8. The van der Waals surface area contributed by atoms with Crippen LogP contribution in [0.15, 0.2) is 30.3 Å². The normalized spacial score (nSPS) is 23.9. The molecule has 0 unspecified atom stereocenters. The summed E-state index contributed by atoms with van der Waals surface area (Å²) in [5.74, 6) is 1.08. The van der Waals surface area contributed by atoms with Crippen molar-refractivity contribution >= 4 is 28.9 Å². The smallest absolute Gasteiger partial charge is 0.407 e. The molecule has 3 aliphatic carbocycles. The maximum Gasteiger partial charge on any atom is 0.407 e. The van der Waals surface area contributed by atoms with Crippen molar-refractivity contribution in [1.82, 2.24) is 24.8 Å². The molecule has 0 atom stereocenters. The summed E-state index contributed by atoms with van der Waals surface area (Å²) in [5, 5.41) is 6.73. The van der Waals surface area contributed by atoms with Crippen molar-refractivity contribution in [2.75, 3.05) is 49.7 Å². The molecule has 226 valence electrons. The number of fused-ring (bicyclic) bond motifs is 4. The molecule has 1 aromatic carbocycles. The number of rotatable bonds is 10. The standard InChI is InChI=1S/C30H39F2N7O3/c1-2-3-16-42-28(40)37-30-11-8-29(9-12-30,10-13-30)20-33-23-19-24(36-27(35-23)38-14-17-41-18-15-38)39-22-7-5-4-6-21(22)34-26(39)25(31)32/h4-7,19,25H,2-3,8-18,20H2,1H3,(H,37,40)(H,33,35,36). The minimum absolute atomic E-state index is 0.0790. The summed E-state index contributed by atoms with van der Waals surface area (Å²) in [6, 6.07) is 8.84. The van der Waals surface area contributed by atoms with Crippen molar-refractivity contribution in [3.8, 4) is 5.82 Å². The zero-order chi connectivity index (χ0) is 29.2. The highest BCUT2D eigenvalue weighted by atomic mass is 19.3. The Morgan fingerprint density at radius 1 is 1.07 bits per heavy atom. The highest BCUT2D eigenvalue weighted by Crippen LogP contribution is 2.52. The average Bonchev–Trinajstić information content (AvgIpc) is 3.42. The summed E-state index contributed by atoms with van der Waals surface area (Å²) in [4.78, 5) is 28.2. The van der Waals surface area contributed by atoms with Gasteiger partial charge in [0, 0.05) is 31.2 Å². The van der Waals surface area contributed by atoms with E-state index in [1.54, 1.807) is 24.3 Å². The number of benzene rings is 1. The monoisotopic (exact) mass is 583 g/mol. The summed E-state index contributed by atoms with van der Waals surface area (Å²) in [6.45, 7) is 5.57. The van der Waals surface area contributed by atoms with Crippen LogP contribution in [0, 0.1) is 5.41 Å². The number of morpholine rings is 1. The predicted octanol–water partition coefficient (Wildman–Crippen LogP) is 5.62. The van der Waals surface area contributed by atoms with E-state index >= 15 is 0 Å². The fourth-order valence-electron chi connectivity index (χ4n) is 6.52. The van der Waals surface area contributed by atoms with Gasteiger partial charge in [0.15, 0.2) is 5.82 Å². The third-order valence-corrected chi connectivity index (χ3v) is 9.15. The Bertz CT molecular complexity index is 1380. The average molecular weight is 584 g/mol. The summed E-state index contributed by atoms with van der Waals surface area (Å²) in [7, 11) is 0. The van der Waals surface area contributed by atoms with Gasteiger partial charge in [0.2, 0.25) is 5.95 Å². The molecular weight excluding hydrogens is 544 g/mol. The van der Waals surface area contributed by atoms with Crippen LogP contribution in [-0.4, -0.2) is 70.6 Å². The molecule has 1 amide bonds. The highest BCUT2D eigenvalue weighted by molar-refractivity contribution is 5.78. The number of alkyl halides is 2. The van der Waals surface area contributed by atoms with E-state index in [2.05, 4.69) is 22.5 Å². The minimum Gasteiger partial charge on any atom is -0.450 e. The predicted molar refractivity (Wildman–Crippen MR) is 155 cm³/mol. The van der Waals surface area contributed by atoms with Gasteiger partial charge in [-0.2, -0.15) is 9.97 Å². The second kappa shape index (κ2) is 12.0. The van der Waals surface area contributed by atoms with Crippen molar-refractivity contribution in [3.63, 3.8) is 0 Å². The Labute approximate surface area is 244 Å². The van der Waals surface area contributed by atoms with Gasteiger partial charge >= 0.3 is 6.09 Å². The Morgan fingerprint density at radius 3 is 2.52 bits per heavy atom. The number of nitrogens with one attached hydrogen (secondary N) is 2. The van der Waals surface area contributed by atoms with Crippen LogP contribution in [-0.2, 0) is 9.47 Å². The first kappa shape index (κ1) is 28.6. The maximum atomic E-state index is 14.2. The number of alkyl carbamates (subject to hydrolysis) is 1. The topological polar surface area (TPSA) is 106 Å². The van der Waals surface area contributed by atoms with Crippen molar-refractivity contribution < 1.29 is 23.0 Å². The number of halogens is 2. The van der Waals surface area contributed by atoms with Gasteiger partial charge in [-0.15, -0.1) is 0 Å². The fraction of sp³-hybridized carbons (Fsp3) is 0.600. The highest BCUT2D eigenvalue weighted by Gasteiger charge is 2.49. The summed E-state index contributed by atoms with van der Waals surface area (Å²) >= 11 is 0. The molecule has 10 nitrogen and oxygen atoms in total. The van der Waals surface area contributed by atoms with E-state index in [0.29, 0.717) is 68.1 Å². The van der Waals surface area contributed by atoms with Crippen LogP contribution in [0.4, 0.5) is 25.3 Å². The van der Waals surface area contributed by atoms with Crippen LogP contribution in [0.2, 0.25) is 0 Å². The van der Waals surface area contributed by atoms with Gasteiger partial charge in [-0.3, -0.25) is 4.57 Å². The number of anilines is 2. The number of aromatic nitrogens is 4. The first-order valence-electron chi connectivity index (χ1n) is 15.1. The Kier molecular flexibility index (Phi) is 8.15. The van der Waals surface area contributed by atoms with Gasteiger partial charge < -0.3 is 25.0 Å².